The number of ether oxygens (including phenoxy) is 2. The van der Waals surface area contributed by atoms with E-state index in [9.17, 15) is 30.3 Å². The molecule has 204 valence electrons. The Bertz CT molecular complexity index is 1010. The zero-order valence-electron chi connectivity index (χ0n) is 21.8. The van der Waals surface area contributed by atoms with Gasteiger partial charge in [0.1, 0.15) is 24.1 Å². The first-order valence-electron chi connectivity index (χ1n) is 12.7. The van der Waals surface area contributed by atoms with Gasteiger partial charge in [0.15, 0.2) is 12.4 Å². The number of aliphatic carboxylic acids is 1. The monoisotopic (exact) mass is 517 g/mol. The molecule has 37 heavy (non-hydrogen) atoms. The van der Waals surface area contributed by atoms with E-state index < -0.39 is 36.7 Å². The molecule has 0 amide bonds. The molecule has 1 saturated heterocycles. The number of aliphatic hydroxyl groups is 3. The number of nitrogens with zero attached hydrogens (tertiary/aromatic N) is 1. The van der Waals surface area contributed by atoms with Gasteiger partial charge in [-0.2, -0.15) is 0 Å². The first-order valence-corrected chi connectivity index (χ1v) is 12.7. The summed E-state index contributed by atoms with van der Waals surface area (Å²) in [6.07, 6.45) is -7.55. The summed E-state index contributed by atoms with van der Waals surface area (Å²) in [5, 5.41) is 50.2. The van der Waals surface area contributed by atoms with Crippen LogP contribution in [0.3, 0.4) is 0 Å². The number of aromatic hydroxyl groups is 1. The van der Waals surface area contributed by atoms with Crippen LogP contribution < -0.4 is 0 Å². The van der Waals surface area contributed by atoms with Crippen LogP contribution in [0, 0.1) is 0 Å². The molecule has 2 aromatic rings. The van der Waals surface area contributed by atoms with E-state index in [-0.39, 0.29) is 18.3 Å². The average Bonchev–Trinajstić information content (AvgIpc) is 2.85. The highest BCUT2D eigenvalue weighted by Gasteiger charge is 2.47. The van der Waals surface area contributed by atoms with Gasteiger partial charge in [-0.3, -0.25) is 4.90 Å². The van der Waals surface area contributed by atoms with Crippen molar-refractivity contribution in [3.63, 3.8) is 0 Å². The van der Waals surface area contributed by atoms with Crippen LogP contribution in [0.15, 0.2) is 48.5 Å². The number of rotatable bonds is 11. The van der Waals surface area contributed by atoms with Crippen molar-refractivity contribution in [3.05, 3.63) is 65.2 Å². The summed E-state index contributed by atoms with van der Waals surface area (Å²) in [6, 6.07) is 15.8. The molecule has 5 N–H and O–H groups in total. The lowest BCUT2D eigenvalue weighted by molar-refractivity contribution is -0.297. The first-order chi connectivity index (χ1) is 17.5. The quantitative estimate of drug-likeness (QED) is 0.304. The van der Waals surface area contributed by atoms with Gasteiger partial charge in [-0.1, -0.05) is 36.4 Å². The van der Waals surface area contributed by atoms with Crippen LogP contribution in [0.25, 0.3) is 0 Å². The molecule has 0 bridgehead atoms. The molecule has 0 aromatic heterocycles. The van der Waals surface area contributed by atoms with Crippen molar-refractivity contribution in [3.8, 4) is 5.75 Å². The van der Waals surface area contributed by atoms with E-state index in [4.69, 9.17) is 9.47 Å². The van der Waals surface area contributed by atoms with Crippen LogP contribution in [0.2, 0.25) is 0 Å². The number of carbonyl (C=O) groups is 1. The molecule has 0 radical (unpaired) electrons. The van der Waals surface area contributed by atoms with Crippen molar-refractivity contribution >= 4 is 5.97 Å². The van der Waals surface area contributed by atoms with E-state index >= 15 is 0 Å². The van der Waals surface area contributed by atoms with E-state index in [1.165, 1.54) is 0 Å². The van der Waals surface area contributed by atoms with E-state index in [0.717, 1.165) is 24.1 Å². The average molecular weight is 518 g/mol. The molecule has 1 fully saturated rings. The highest BCUT2D eigenvalue weighted by molar-refractivity contribution is 5.73. The molecular weight excluding hydrogens is 478 g/mol. The summed E-state index contributed by atoms with van der Waals surface area (Å²) in [5.41, 5.74) is 2.46. The molecule has 1 aliphatic heterocycles. The Morgan fingerprint density at radius 3 is 2.22 bits per heavy atom. The van der Waals surface area contributed by atoms with E-state index in [0.29, 0.717) is 17.6 Å². The largest absolute Gasteiger partial charge is 0.508 e. The molecule has 0 aliphatic carbocycles. The minimum absolute atomic E-state index is 0.0736. The van der Waals surface area contributed by atoms with Gasteiger partial charge in [0, 0.05) is 23.6 Å². The van der Waals surface area contributed by atoms with Crippen molar-refractivity contribution < 1.29 is 39.8 Å². The fourth-order valence-corrected chi connectivity index (χ4v) is 4.92. The third-order valence-corrected chi connectivity index (χ3v) is 6.90. The second-order valence-electron chi connectivity index (χ2n) is 10.1. The Morgan fingerprint density at radius 2 is 1.62 bits per heavy atom. The lowest BCUT2D eigenvalue weighted by Crippen LogP contribution is -2.60. The van der Waals surface area contributed by atoms with Gasteiger partial charge < -0.3 is 35.0 Å². The van der Waals surface area contributed by atoms with Gasteiger partial charge in [-0.15, -0.1) is 0 Å². The van der Waals surface area contributed by atoms with Crippen LogP contribution in [0.4, 0.5) is 0 Å². The minimum Gasteiger partial charge on any atom is -0.508 e. The highest BCUT2D eigenvalue weighted by atomic mass is 16.7. The predicted octanol–water partition coefficient (Wildman–Crippen LogP) is 2.44. The summed E-state index contributed by atoms with van der Waals surface area (Å²) in [6.45, 7) is 9.42. The number of hydrogen-bond donors (Lipinski definition) is 5. The number of benzene rings is 2. The Morgan fingerprint density at radius 1 is 0.973 bits per heavy atom. The van der Waals surface area contributed by atoms with E-state index in [1.807, 2.05) is 36.4 Å². The van der Waals surface area contributed by atoms with Gasteiger partial charge in [0.2, 0.25) is 0 Å². The number of carboxylic acid groups (broad SMARTS) is 1. The third kappa shape index (κ3) is 7.07. The SMILES string of the molecule is CC(C)N(CCC(c1ccccc1)c1cc(CO[C@@H]2O[C@H](C(=O)O)[C@@H](O)[C@H](O)[C@H]2O)ccc1O)C(C)C. The van der Waals surface area contributed by atoms with Crippen molar-refractivity contribution in [2.75, 3.05) is 6.54 Å². The van der Waals surface area contributed by atoms with Crippen LogP contribution >= 0.6 is 0 Å². The summed E-state index contributed by atoms with van der Waals surface area (Å²) >= 11 is 0. The smallest absolute Gasteiger partial charge is 0.335 e. The summed E-state index contributed by atoms with van der Waals surface area (Å²) in [7, 11) is 0. The predicted molar refractivity (Wildman–Crippen MR) is 137 cm³/mol. The number of aliphatic hydroxyl groups excluding tert-OH is 3. The molecule has 1 heterocycles. The molecule has 0 spiro atoms. The topological polar surface area (TPSA) is 140 Å². The maximum absolute atomic E-state index is 11.4. The highest BCUT2D eigenvalue weighted by Crippen LogP contribution is 2.35. The van der Waals surface area contributed by atoms with E-state index in [1.54, 1.807) is 12.1 Å². The fourth-order valence-electron chi connectivity index (χ4n) is 4.92. The number of phenolic OH excluding ortho intramolecular Hbond substituents is 1. The van der Waals surface area contributed by atoms with Gasteiger partial charge >= 0.3 is 5.97 Å². The minimum atomic E-state index is -1.78. The molecule has 1 unspecified atom stereocenters. The number of phenols is 1. The Hall–Kier alpha value is -2.53. The van der Waals surface area contributed by atoms with Crippen molar-refractivity contribution in [1.82, 2.24) is 4.90 Å². The lowest BCUT2D eigenvalue weighted by Gasteiger charge is -2.38. The zero-order valence-corrected chi connectivity index (χ0v) is 21.8. The third-order valence-electron chi connectivity index (χ3n) is 6.90. The molecule has 2 aromatic carbocycles. The first kappa shape index (κ1) is 29.0. The van der Waals surface area contributed by atoms with Gasteiger partial charge in [-0.25, -0.2) is 4.79 Å². The Balaban J connectivity index is 1.82. The maximum atomic E-state index is 11.4. The normalized spacial score (nSPS) is 25.1. The van der Waals surface area contributed by atoms with Gasteiger partial charge in [0.05, 0.1) is 6.61 Å². The zero-order chi connectivity index (χ0) is 27.3. The Labute approximate surface area is 217 Å². The molecule has 9 heteroatoms. The Kier molecular flexibility index (Phi) is 10.1. The summed E-state index contributed by atoms with van der Waals surface area (Å²) < 4.78 is 10.8. The van der Waals surface area contributed by atoms with Crippen LogP contribution in [0.1, 0.15) is 56.7 Å². The summed E-state index contributed by atoms with van der Waals surface area (Å²) in [4.78, 5) is 13.8. The van der Waals surface area contributed by atoms with E-state index in [2.05, 4.69) is 32.6 Å². The van der Waals surface area contributed by atoms with Crippen molar-refractivity contribution in [1.29, 1.82) is 0 Å². The molecule has 1 aliphatic rings. The van der Waals surface area contributed by atoms with Crippen LogP contribution in [-0.4, -0.2) is 85.7 Å². The van der Waals surface area contributed by atoms with Gasteiger partial charge in [0.25, 0.3) is 0 Å². The lowest BCUT2D eigenvalue weighted by atomic mass is 9.86. The molecule has 3 rings (SSSR count). The second kappa shape index (κ2) is 12.8. The number of carboxylic acids is 1. The van der Waals surface area contributed by atoms with Crippen molar-refractivity contribution in [2.24, 2.45) is 0 Å². The fraction of sp³-hybridized carbons (Fsp3) is 0.536. The molecule has 9 nitrogen and oxygen atoms in total. The van der Waals surface area contributed by atoms with Gasteiger partial charge in [-0.05, 0) is 63.9 Å². The maximum Gasteiger partial charge on any atom is 0.335 e. The molecular formula is C28H39NO8. The molecule has 6 atom stereocenters. The number of hydrogen-bond acceptors (Lipinski definition) is 8. The summed E-state index contributed by atoms with van der Waals surface area (Å²) in [5.74, 6) is -1.41. The second-order valence-corrected chi connectivity index (χ2v) is 10.1. The molecule has 0 saturated carbocycles. The van der Waals surface area contributed by atoms with Crippen LogP contribution in [0.5, 0.6) is 5.75 Å². The van der Waals surface area contributed by atoms with Crippen LogP contribution in [-0.2, 0) is 20.9 Å². The standard InChI is InChI=1S/C28H39NO8/c1-16(2)29(17(3)4)13-12-20(19-8-6-5-7-9-19)21-14-18(10-11-22(21)30)15-36-28-25(33)23(31)24(32)26(37-28)27(34)35/h5-11,14,16-17,20,23-26,28,30-33H,12-13,15H2,1-4H3,(H,34,35)/t20?,23-,24-,25+,26-,28+/m0/s1. The van der Waals surface area contributed by atoms with Crippen molar-refractivity contribution in [2.45, 2.75) is 89.4 Å².